The Hall–Kier alpha value is -0.300. The normalized spacial score (nSPS) is 15.2. The standard InChI is InChI=1S/C10H14N2O.Br2O/c13-10-3-1-9(2-4-10)12-7-5-11-6-8-12;1-3-2/h1-4,11,13H,5-8H2;. The van der Waals surface area contributed by atoms with Crippen molar-refractivity contribution in [2.75, 3.05) is 31.1 Å². The van der Waals surface area contributed by atoms with Crippen LogP contribution in [0, 0.1) is 0 Å². The zero-order valence-electron chi connectivity index (χ0n) is 8.70. The number of nitrogens with one attached hydrogen (secondary N) is 1. The quantitative estimate of drug-likeness (QED) is 0.813. The van der Waals surface area contributed by atoms with Gasteiger partial charge < -0.3 is 15.3 Å². The fourth-order valence-corrected chi connectivity index (χ4v) is 1.59. The van der Waals surface area contributed by atoms with E-state index in [4.69, 9.17) is 5.11 Å². The van der Waals surface area contributed by atoms with E-state index >= 15 is 0 Å². The van der Waals surface area contributed by atoms with E-state index in [2.05, 4.69) is 45.7 Å². The maximum atomic E-state index is 9.12. The van der Waals surface area contributed by atoms with Crippen molar-refractivity contribution in [3.8, 4) is 5.75 Å². The van der Waals surface area contributed by atoms with Gasteiger partial charge in [-0.05, 0) is 24.3 Å². The van der Waals surface area contributed by atoms with Crippen LogP contribution in [0.2, 0.25) is 0 Å². The number of phenolic OH excluding ortho intramolecular Hbond substituents is 1. The molecule has 90 valence electrons. The van der Waals surface area contributed by atoms with E-state index in [-0.39, 0.29) is 0 Å². The topological polar surface area (TPSA) is 44.7 Å². The Bertz CT molecular complexity index is 289. The highest BCUT2D eigenvalue weighted by Crippen LogP contribution is 2.18. The maximum absolute atomic E-state index is 9.12. The highest BCUT2D eigenvalue weighted by atomic mass is 79.9. The summed E-state index contributed by atoms with van der Waals surface area (Å²) in [6.45, 7) is 4.18. The first kappa shape index (κ1) is 13.8. The van der Waals surface area contributed by atoms with Gasteiger partial charge >= 0.3 is 0 Å². The number of aromatic hydroxyl groups is 1. The van der Waals surface area contributed by atoms with Crippen molar-refractivity contribution in [3.63, 3.8) is 0 Å². The largest absolute Gasteiger partial charge is 0.508 e. The van der Waals surface area contributed by atoms with Gasteiger partial charge in [0.25, 0.3) is 0 Å². The molecule has 0 unspecified atom stereocenters. The molecular weight excluding hydrogens is 340 g/mol. The van der Waals surface area contributed by atoms with E-state index in [1.807, 2.05) is 12.1 Å². The third-order valence-corrected chi connectivity index (χ3v) is 2.33. The van der Waals surface area contributed by atoms with Gasteiger partial charge in [0.05, 0.1) is 0 Å². The summed E-state index contributed by atoms with van der Waals surface area (Å²) in [6, 6.07) is 7.38. The molecule has 1 saturated heterocycles. The second kappa shape index (κ2) is 7.89. The summed E-state index contributed by atoms with van der Waals surface area (Å²) in [7, 11) is 0. The summed E-state index contributed by atoms with van der Waals surface area (Å²) in [5.74, 6) is 0.332. The summed E-state index contributed by atoms with van der Waals surface area (Å²) in [4.78, 5) is 2.32. The molecule has 0 saturated carbocycles. The van der Waals surface area contributed by atoms with Crippen molar-refractivity contribution in [2.45, 2.75) is 0 Å². The van der Waals surface area contributed by atoms with E-state index < -0.39 is 0 Å². The van der Waals surface area contributed by atoms with Gasteiger partial charge in [-0.1, -0.05) is 0 Å². The predicted octanol–water partition coefficient (Wildman–Crippen LogP) is 2.42. The van der Waals surface area contributed by atoms with E-state index in [9.17, 15) is 0 Å². The molecular formula is C10H14Br2N2O2. The van der Waals surface area contributed by atoms with Crippen molar-refractivity contribution in [1.29, 1.82) is 0 Å². The van der Waals surface area contributed by atoms with Crippen molar-refractivity contribution in [2.24, 2.45) is 0 Å². The molecule has 4 nitrogen and oxygen atoms in total. The van der Waals surface area contributed by atoms with Gasteiger partial charge in [-0.3, -0.25) is 0 Å². The number of hydrogen-bond donors (Lipinski definition) is 2. The zero-order valence-corrected chi connectivity index (χ0v) is 11.9. The Morgan fingerprint density at radius 1 is 1.12 bits per heavy atom. The van der Waals surface area contributed by atoms with E-state index in [1.165, 1.54) is 5.69 Å². The van der Waals surface area contributed by atoms with Crippen LogP contribution in [0.25, 0.3) is 0 Å². The zero-order chi connectivity index (χ0) is 11.8. The molecule has 1 aromatic carbocycles. The second-order valence-corrected chi connectivity index (χ2v) is 4.83. The molecule has 0 bridgehead atoms. The van der Waals surface area contributed by atoms with Crippen LogP contribution in [-0.4, -0.2) is 31.3 Å². The highest BCUT2D eigenvalue weighted by molar-refractivity contribution is 9.18. The van der Waals surface area contributed by atoms with Crippen LogP contribution >= 0.6 is 32.5 Å². The average molecular weight is 354 g/mol. The number of benzene rings is 1. The van der Waals surface area contributed by atoms with Crippen LogP contribution in [0.15, 0.2) is 24.3 Å². The summed E-state index contributed by atoms with van der Waals surface area (Å²) in [5.41, 5.74) is 1.19. The first-order valence-corrected chi connectivity index (χ1v) is 6.21. The van der Waals surface area contributed by atoms with Crippen LogP contribution in [0.1, 0.15) is 0 Å². The van der Waals surface area contributed by atoms with Gasteiger partial charge in [0, 0.05) is 31.9 Å². The molecule has 1 aliphatic rings. The first-order valence-electron chi connectivity index (χ1n) is 4.92. The number of rotatable bonds is 1. The molecule has 0 atom stereocenters. The molecule has 0 radical (unpaired) electrons. The molecule has 0 aromatic heterocycles. The average Bonchev–Trinajstić information content (AvgIpc) is 2.32. The van der Waals surface area contributed by atoms with Crippen molar-refractivity contribution in [1.82, 2.24) is 5.32 Å². The Kier molecular flexibility index (Phi) is 6.79. The third-order valence-electron chi connectivity index (χ3n) is 2.33. The van der Waals surface area contributed by atoms with Crippen LogP contribution < -0.4 is 10.2 Å². The lowest BCUT2D eigenvalue weighted by molar-refractivity contribution is 0.475. The molecule has 1 fully saturated rings. The van der Waals surface area contributed by atoms with E-state index in [1.54, 1.807) is 12.1 Å². The molecule has 1 aromatic rings. The third kappa shape index (κ3) is 4.69. The summed E-state index contributed by atoms with van der Waals surface area (Å²) < 4.78 is 3.88. The molecule has 0 spiro atoms. The lowest BCUT2D eigenvalue weighted by Crippen LogP contribution is -2.43. The highest BCUT2D eigenvalue weighted by Gasteiger charge is 2.09. The number of phenols is 1. The molecule has 16 heavy (non-hydrogen) atoms. The molecule has 0 amide bonds. The maximum Gasteiger partial charge on any atom is 0.115 e. The molecule has 2 rings (SSSR count). The predicted molar refractivity (Wildman–Crippen MR) is 72.1 cm³/mol. The SMILES string of the molecule is BrOBr.Oc1ccc(N2CCNCC2)cc1. The summed E-state index contributed by atoms with van der Waals surface area (Å²) in [5, 5.41) is 12.4. The minimum atomic E-state index is 0.332. The summed E-state index contributed by atoms with van der Waals surface area (Å²) in [6.07, 6.45) is 0. The monoisotopic (exact) mass is 352 g/mol. The summed E-state index contributed by atoms with van der Waals surface area (Å²) >= 11 is 5.12. The van der Waals surface area contributed by atoms with Crippen molar-refractivity contribution in [3.05, 3.63) is 24.3 Å². The molecule has 1 aliphatic heterocycles. The van der Waals surface area contributed by atoms with E-state index in [0.717, 1.165) is 26.2 Å². The van der Waals surface area contributed by atoms with Crippen molar-refractivity contribution < 1.29 is 8.03 Å². The Balaban J connectivity index is 0.000000386. The lowest BCUT2D eigenvalue weighted by atomic mass is 10.2. The Labute approximate surface area is 112 Å². The van der Waals surface area contributed by atoms with Gasteiger partial charge in [-0.15, -0.1) is 0 Å². The minimum Gasteiger partial charge on any atom is -0.508 e. The first-order chi connectivity index (χ1) is 7.77. The van der Waals surface area contributed by atoms with E-state index in [0.29, 0.717) is 5.75 Å². The fourth-order valence-electron chi connectivity index (χ4n) is 1.59. The number of hydrogen-bond acceptors (Lipinski definition) is 4. The Morgan fingerprint density at radius 3 is 2.12 bits per heavy atom. The van der Waals surface area contributed by atoms with Gasteiger partial charge in [0.15, 0.2) is 0 Å². The molecule has 1 heterocycles. The fraction of sp³-hybridized carbons (Fsp3) is 0.400. The molecule has 0 aliphatic carbocycles. The van der Waals surface area contributed by atoms with Crippen LogP contribution in [-0.2, 0) is 2.92 Å². The number of piperazine rings is 1. The lowest BCUT2D eigenvalue weighted by Gasteiger charge is -2.29. The van der Waals surface area contributed by atoms with Crippen molar-refractivity contribution >= 4 is 38.2 Å². The molecule has 2 N–H and O–H groups in total. The van der Waals surface area contributed by atoms with Crippen LogP contribution in [0.5, 0.6) is 5.75 Å². The molecule has 6 heteroatoms. The van der Waals surface area contributed by atoms with Gasteiger partial charge in [0.1, 0.15) is 38.3 Å². The Morgan fingerprint density at radius 2 is 1.62 bits per heavy atom. The minimum absolute atomic E-state index is 0.332. The smallest absolute Gasteiger partial charge is 0.115 e. The number of nitrogens with zero attached hydrogens (tertiary/aromatic N) is 1. The van der Waals surface area contributed by atoms with Crippen LogP contribution in [0.3, 0.4) is 0 Å². The number of halogens is 2. The second-order valence-electron chi connectivity index (χ2n) is 3.31. The van der Waals surface area contributed by atoms with Crippen LogP contribution in [0.4, 0.5) is 5.69 Å². The van der Waals surface area contributed by atoms with Gasteiger partial charge in [-0.2, -0.15) is 0 Å². The number of anilines is 1. The van der Waals surface area contributed by atoms with Gasteiger partial charge in [-0.25, -0.2) is 2.92 Å². The van der Waals surface area contributed by atoms with Gasteiger partial charge in [0.2, 0.25) is 0 Å².